The molecule has 2 nitrogen and oxygen atoms in total. The summed E-state index contributed by atoms with van der Waals surface area (Å²) in [7, 11) is 0. The first-order chi connectivity index (χ1) is 5.57. The van der Waals surface area contributed by atoms with Crippen LogP contribution in [0.1, 0.15) is 27.2 Å². The topological polar surface area (TPSA) is 37.3 Å². The predicted octanol–water partition coefficient (Wildman–Crippen LogP) is 1.85. The van der Waals surface area contributed by atoms with E-state index in [1.165, 1.54) is 11.6 Å². The zero-order valence-electron chi connectivity index (χ0n) is 7.87. The second-order valence-corrected chi connectivity index (χ2v) is 3.08. The van der Waals surface area contributed by atoms with E-state index < -0.39 is 6.10 Å². The fraction of sp³-hybridized carbons (Fsp3) is 0.500. The summed E-state index contributed by atoms with van der Waals surface area (Å²) < 4.78 is 0. The Labute approximate surface area is 73.6 Å². The largest absolute Gasteiger partial charge is 0.388 e. The lowest BCUT2D eigenvalue weighted by atomic mass is 10.1. The molecule has 0 saturated carbocycles. The number of carbonyl (C=O) groups is 1. The highest BCUT2D eigenvalue weighted by Crippen LogP contribution is 2.06. The summed E-state index contributed by atoms with van der Waals surface area (Å²) in [5, 5.41) is 9.43. The van der Waals surface area contributed by atoms with Crippen LogP contribution in [0.4, 0.5) is 0 Å². The first-order valence-corrected chi connectivity index (χ1v) is 4.01. The summed E-state index contributed by atoms with van der Waals surface area (Å²) in [6.07, 6.45) is 4.10. The highest BCUT2D eigenvalue weighted by Gasteiger charge is 2.02. The van der Waals surface area contributed by atoms with Crippen molar-refractivity contribution in [3.63, 3.8) is 0 Å². The number of hydrogen-bond donors (Lipinski definition) is 1. The molecule has 1 unspecified atom stereocenters. The average Bonchev–Trinajstić information content (AvgIpc) is 2.00. The summed E-state index contributed by atoms with van der Waals surface area (Å²) in [4.78, 5) is 10.1. The van der Waals surface area contributed by atoms with Crippen LogP contribution >= 0.6 is 0 Å². The number of aliphatic hydroxyl groups excluding tert-OH is 1. The van der Waals surface area contributed by atoms with Gasteiger partial charge in [0.15, 0.2) is 0 Å². The lowest BCUT2D eigenvalue weighted by molar-refractivity contribution is -0.104. The van der Waals surface area contributed by atoms with Crippen molar-refractivity contribution in [2.75, 3.05) is 0 Å². The van der Waals surface area contributed by atoms with E-state index in [1.54, 1.807) is 6.92 Å². The van der Waals surface area contributed by atoms with Gasteiger partial charge in [0.05, 0.1) is 6.10 Å². The molecular formula is C10H16O2. The Morgan fingerprint density at radius 2 is 2.00 bits per heavy atom. The van der Waals surface area contributed by atoms with Gasteiger partial charge in [0.2, 0.25) is 0 Å². The number of aldehydes is 1. The first-order valence-electron chi connectivity index (χ1n) is 4.01. The average molecular weight is 168 g/mol. The molecule has 1 atom stereocenters. The monoisotopic (exact) mass is 168 g/mol. The van der Waals surface area contributed by atoms with Gasteiger partial charge in [0.25, 0.3) is 0 Å². The van der Waals surface area contributed by atoms with Crippen molar-refractivity contribution < 1.29 is 9.90 Å². The van der Waals surface area contributed by atoms with Crippen LogP contribution in [0.25, 0.3) is 0 Å². The number of allylic oxidation sites excluding steroid dienone is 2. The Morgan fingerprint density at radius 1 is 1.42 bits per heavy atom. The van der Waals surface area contributed by atoms with Crippen LogP contribution in [0.5, 0.6) is 0 Å². The standard InChI is InChI=1S/C10H16O2/c1-8(2)4-5-10(12)9(3)6-7-11/h4,6-7,10,12H,5H2,1-3H3. The van der Waals surface area contributed by atoms with Crippen molar-refractivity contribution in [1.29, 1.82) is 0 Å². The van der Waals surface area contributed by atoms with Crippen LogP contribution in [0.2, 0.25) is 0 Å². The molecule has 0 aliphatic heterocycles. The minimum absolute atomic E-state index is 0.523. The zero-order chi connectivity index (χ0) is 9.56. The van der Waals surface area contributed by atoms with Gasteiger partial charge in [-0.15, -0.1) is 0 Å². The lowest BCUT2D eigenvalue weighted by Gasteiger charge is -2.07. The van der Waals surface area contributed by atoms with Gasteiger partial charge >= 0.3 is 0 Å². The molecule has 0 amide bonds. The van der Waals surface area contributed by atoms with E-state index >= 15 is 0 Å². The molecule has 12 heavy (non-hydrogen) atoms. The maximum atomic E-state index is 10.1. The highest BCUT2D eigenvalue weighted by molar-refractivity contribution is 5.66. The molecular weight excluding hydrogens is 152 g/mol. The molecule has 0 rings (SSSR count). The van der Waals surface area contributed by atoms with Crippen LogP contribution in [0.3, 0.4) is 0 Å². The van der Waals surface area contributed by atoms with Gasteiger partial charge in [-0.25, -0.2) is 0 Å². The maximum absolute atomic E-state index is 10.1. The van der Waals surface area contributed by atoms with Gasteiger partial charge in [-0.1, -0.05) is 11.6 Å². The molecule has 0 aromatic carbocycles. The molecule has 0 aliphatic rings. The van der Waals surface area contributed by atoms with E-state index in [2.05, 4.69) is 0 Å². The van der Waals surface area contributed by atoms with Crippen molar-refractivity contribution in [2.45, 2.75) is 33.3 Å². The zero-order valence-corrected chi connectivity index (χ0v) is 7.87. The number of aliphatic hydroxyl groups is 1. The summed E-state index contributed by atoms with van der Waals surface area (Å²) in [6.45, 7) is 5.70. The third-order valence-corrected chi connectivity index (χ3v) is 1.61. The second kappa shape index (κ2) is 5.72. The van der Waals surface area contributed by atoms with Gasteiger partial charge in [-0.05, 0) is 38.8 Å². The van der Waals surface area contributed by atoms with Crippen molar-refractivity contribution >= 4 is 6.29 Å². The quantitative estimate of drug-likeness (QED) is 0.395. The molecule has 0 aromatic heterocycles. The Morgan fingerprint density at radius 3 is 2.42 bits per heavy atom. The third-order valence-electron chi connectivity index (χ3n) is 1.61. The van der Waals surface area contributed by atoms with Gasteiger partial charge in [0.1, 0.15) is 6.29 Å². The molecule has 0 fully saturated rings. The number of rotatable bonds is 4. The van der Waals surface area contributed by atoms with E-state index in [0.717, 1.165) is 0 Å². The Bertz CT molecular complexity index is 198. The minimum Gasteiger partial charge on any atom is -0.388 e. The molecule has 0 bridgehead atoms. The van der Waals surface area contributed by atoms with Crippen LogP contribution in [0, 0.1) is 0 Å². The molecule has 0 saturated heterocycles. The molecule has 0 heterocycles. The van der Waals surface area contributed by atoms with Gasteiger partial charge < -0.3 is 5.11 Å². The fourth-order valence-corrected chi connectivity index (χ4v) is 0.752. The Hall–Kier alpha value is -0.890. The first kappa shape index (κ1) is 11.1. The normalized spacial score (nSPS) is 13.8. The van der Waals surface area contributed by atoms with E-state index in [0.29, 0.717) is 18.3 Å². The van der Waals surface area contributed by atoms with Crippen LogP contribution < -0.4 is 0 Å². The lowest BCUT2D eigenvalue weighted by Crippen LogP contribution is -2.06. The Kier molecular flexibility index (Phi) is 5.30. The molecule has 0 aliphatic carbocycles. The molecule has 1 N–H and O–H groups in total. The van der Waals surface area contributed by atoms with Crippen molar-refractivity contribution in [3.8, 4) is 0 Å². The van der Waals surface area contributed by atoms with Crippen LogP contribution in [-0.2, 0) is 4.79 Å². The minimum atomic E-state index is -0.523. The maximum Gasteiger partial charge on any atom is 0.142 e. The van der Waals surface area contributed by atoms with Crippen molar-refractivity contribution in [2.24, 2.45) is 0 Å². The van der Waals surface area contributed by atoms with Gasteiger partial charge in [-0.3, -0.25) is 4.79 Å². The fourth-order valence-electron chi connectivity index (χ4n) is 0.752. The number of carbonyl (C=O) groups excluding carboxylic acids is 1. The summed E-state index contributed by atoms with van der Waals surface area (Å²) >= 11 is 0. The molecule has 68 valence electrons. The summed E-state index contributed by atoms with van der Waals surface area (Å²) in [6, 6.07) is 0. The van der Waals surface area contributed by atoms with Crippen LogP contribution in [-0.4, -0.2) is 17.5 Å². The molecule has 0 spiro atoms. The van der Waals surface area contributed by atoms with Gasteiger partial charge in [-0.2, -0.15) is 0 Å². The second-order valence-electron chi connectivity index (χ2n) is 3.08. The SMILES string of the molecule is CC(C)=CCC(O)C(C)=CC=O. The predicted molar refractivity (Wildman–Crippen MR) is 49.9 cm³/mol. The third kappa shape index (κ3) is 4.85. The number of hydrogen-bond acceptors (Lipinski definition) is 2. The van der Waals surface area contributed by atoms with Crippen LogP contribution in [0.15, 0.2) is 23.3 Å². The van der Waals surface area contributed by atoms with E-state index in [1.807, 2.05) is 19.9 Å². The van der Waals surface area contributed by atoms with Crippen molar-refractivity contribution in [3.05, 3.63) is 23.3 Å². The van der Waals surface area contributed by atoms with E-state index in [-0.39, 0.29) is 0 Å². The molecule has 0 radical (unpaired) electrons. The van der Waals surface area contributed by atoms with Crippen molar-refractivity contribution in [1.82, 2.24) is 0 Å². The van der Waals surface area contributed by atoms with Gasteiger partial charge in [0, 0.05) is 0 Å². The summed E-state index contributed by atoms with van der Waals surface area (Å²) in [5.74, 6) is 0. The van der Waals surface area contributed by atoms with E-state index in [9.17, 15) is 9.90 Å². The molecule has 2 heteroatoms. The Balaban J connectivity index is 4.04. The highest BCUT2D eigenvalue weighted by atomic mass is 16.3. The molecule has 0 aromatic rings. The smallest absolute Gasteiger partial charge is 0.142 e. The summed E-state index contributed by atoms with van der Waals surface area (Å²) in [5.41, 5.74) is 1.88. The van der Waals surface area contributed by atoms with E-state index in [4.69, 9.17) is 0 Å².